The number of fused-ring (bicyclic) bond motifs is 1. The second-order valence-electron chi connectivity index (χ2n) is 9.54. The summed E-state index contributed by atoms with van der Waals surface area (Å²) in [5, 5.41) is 2.93. The molecular formula is C29H32N6O3. The number of nitrogens with one attached hydrogen (secondary N) is 2. The van der Waals surface area contributed by atoms with Crippen molar-refractivity contribution >= 4 is 39.9 Å². The highest BCUT2D eigenvalue weighted by atomic mass is 16.5. The Morgan fingerprint density at radius 2 is 1.79 bits per heavy atom. The quantitative estimate of drug-likeness (QED) is 0.403. The Hall–Kier alpha value is -4.37. The largest absolute Gasteiger partial charge is 0.496 e. The van der Waals surface area contributed by atoms with Crippen molar-refractivity contribution in [2.24, 2.45) is 0 Å². The van der Waals surface area contributed by atoms with E-state index in [-0.39, 0.29) is 11.8 Å². The Kier molecular flexibility index (Phi) is 7.02. The highest BCUT2D eigenvalue weighted by Crippen LogP contribution is 2.31. The lowest BCUT2D eigenvalue weighted by atomic mass is 10.1. The molecule has 0 unspecified atom stereocenters. The molecule has 1 aliphatic rings. The number of H-pyrrole nitrogens is 1. The van der Waals surface area contributed by atoms with Crippen LogP contribution in [0, 0.1) is 6.92 Å². The molecule has 9 heteroatoms. The van der Waals surface area contributed by atoms with Crippen LogP contribution in [0.3, 0.4) is 0 Å². The number of hydrogen-bond acceptors (Lipinski definition) is 6. The van der Waals surface area contributed by atoms with Gasteiger partial charge in [-0.2, -0.15) is 0 Å². The van der Waals surface area contributed by atoms with Gasteiger partial charge in [-0.05, 0) is 56.4 Å². The van der Waals surface area contributed by atoms with Gasteiger partial charge >= 0.3 is 0 Å². The van der Waals surface area contributed by atoms with Gasteiger partial charge in [-0.25, -0.2) is 4.98 Å². The van der Waals surface area contributed by atoms with E-state index in [2.05, 4.69) is 38.2 Å². The maximum atomic E-state index is 13.6. The number of nitrogens with zero attached hydrogens (tertiary/aromatic N) is 4. The number of para-hydroxylation sites is 3. The van der Waals surface area contributed by atoms with E-state index < -0.39 is 0 Å². The first kappa shape index (κ1) is 25.3. The average molecular weight is 513 g/mol. The summed E-state index contributed by atoms with van der Waals surface area (Å²) in [5.41, 5.74) is 4.75. The molecule has 2 amide bonds. The van der Waals surface area contributed by atoms with Gasteiger partial charge in [0.15, 0.2) is 0 Å². The molecule has 0 spiro atoms. The number of aromatic amines is 1. The maximum absolute atomic E-state index is 13.6. The van der Waals surface area contributed by atoms with Crippen LogP contribution in [0.15, 0.2) is 60.7 Å². The molecule has 2 heterocycles. The number of amides is 2. The third-order valence-corrected chi connectivity index (χ3v) is 6.96. The number of methoxy groups -OCH3 is 1. The number of carbonyl (C=O) groups is 2. The van der Waals surface area contributed by atoms with Crippen LogP contribution in [-0.4, -0.2) is 74.1 Å². The second kappa shape index (κ2) is 10.5. The number of rotatable bonds is 6. The second-order valence-corrected chi connectivity index (χ2v) is 9.54. The van der Waals surface area contributed by atoms with E-state index in [1.165, 1.54) is 7.11 Å². The first-order valence-electron chi connectivity index (χ1n) is 12.6. The van der Waals surface area contributed by atoms with E-state index in [9.17, 15) is 9.59 Å². The summed E-state index contributed by atoms with van der Waals surface area (Å²) in [6.45, 7) is 5.62. The molecule has 9 nitrogen and oxygen atoms in total. The summed E-state index contributed by atoms with van der Waals surface area (Å²) in [6.07, 6.45) is 0. The summed E-state index contributed by atoms with van der Waals surface area (Å²) in [6, 6.07) is 18.4. The Morgan fingerprint density at radius 1 is 1.03 bits per heavy atom. The predicted molar refractivity (Wildman–Crippen MR) is 151 cm³/mol. The van der Waals surface area contributed by atoms with Gasteiger partial charge in [0.05, 0.1) is 35.3 Å². The zero-order chi connectivity index (χ0) is 26.8. The number of ether oxygens (including phenoxy) is 1. The van der Waals surface area contributed by atoms with Gasteiger partial charge in [-0.15, -0.1) is 0 Å². The van der Waals surface area contributed by atoms with E-state index >= 15 is 0 Å². The fourth-order valence-corrected chi connectivity index (χ4v) is 4.82. The van der Waals surface area contributed by atoms with E-state index in [1.54, 1.807) is 36.2 Å². The molecule has 5 rings (SSSR count). The average Bonchev–Trinajstić information content (AvgIpc) is 3.33. The van der Waals surface area contributed by atoms with Crippen LogP contribution in [0.5, 0.6) is 5.75 Å². The molecule has 1 aliphatic heterocycles. The zero-order valence-corrected chi connectivity index (χ0v) is 22.1. The van der Waals surface area contributed by atoms with Crippen molar-refractivity contribution in [2.75, 3.05) is 62.5 Å². The van der Waals surface area contributed by atoms with Crippen molar-refractivity contribution in [1.29, 1.82) is 0 Å². The van der Waals surface area contributed by atoms with E-state index in [4.69, 9.17) is 4.74 Å². The molecule has 1 fully saturated rings. The molecule has 0 atom stereocenters. The number of likely N-dealkylation sites (N-methyl/N-ethyl adjacent to an activating group) is 1. The molecule has 38 heavy (non-hydrogen) atoms. The highest BCUT2D eigenvalue weighted by Gasteiger charge is 2.23. The molecular weight excluding hydrogens is 480 g/mol. The van der Waals surface area contributed by atoms with Crippen LogP contribution in [0.1, 0.15) is 26.5 Å². The monoisotopic (exact) mass is 512 g/mol. The van der Waals surface area contributed by atoms with Gasteiger partial charge in [0.25, 0.3) is 11.8 Å². The Morgan fingerprint density at radius 3 is 2.55 bits per heavy atom. The lowest BCUT2D eigenvalue weighted by Gasteiger charge is -2.36. The maximum Gasteiger partial charge on any atom is 0.259 e. The molecule has 0 saturated carbocycles. The standard InChI is InChI=1S/C29H32N6O3/c1-19-30-22-8-7-9-23(27(22)31-19)32-28(36)21-13-12-20(18-26(21)38-4)29(37)34(3)24-10-5-6-11-25(24)35-16-14-33(2)15-17-35/h5-13,18H,14-17H2,1-4H3,(H,30,31)(H,32,36). The fourth-order valence-electron chi connectivity index (χ4n) is 4.82. The Bertz CT molecular complexity index is 1490. The van der Waals surface area contributed by atoms with Gasteiger partial charge in [0, 0.05) is 38.8 Å². The van der Waals surface area contributed by atoms with Crippen molar-refractivity contribution in [3.05, 3.63) is 77.6 Å². The molecule has 2 N–H and O–H groups in total. The molecule has 196 valence electrons. The smallest absolute Gasteiger partial charge is 0.259 e. The minimum absolute atomic E-state index is 0.186. The number of benzene rings is 3. The summed E-state index contributed by atoms with van der Waals surface area (Å²) < 4.78 is 5.53. The molecule has 4 aromatic rings. The van der Waals surface area contributed by atoms with Crippen LogP contribution < -0.4 is 19.9 Å². The molecule has 0 bridgehead atoms. The summed E-state index contributed by atoms with van der Waals surface area (Å²) in [4.78, 5) is 40.7. The minimum Gasteiger partial charge on any atom is -0.496 e. The van der Waals surface area contributed by atoms with Crippen LogP contribution >= 0.6 is 0 Å². The zero-order valence-electron chi connectivity index (χ0n) is 22.1. The summed E-state index contributed by atoms with van der Waals surface area (Å²) in [5.74, 6) is 0.552. The normalized spacial score (nSPS) is 13.9. The van der Waals surface area contributed by atoms with Crippen molar-refractivity contribution < 1.29 is 14.3 Å². The predicted octanol–water partition coefficient (Wildman–Crippen LogP) is 4.16. The van der Waals surface area contributed by atoms with Crippen molar-refractivity contribution in [2.45, 2.75) is 6.92 Å². The van der Waals surface area contributed by atoms with Crippen molar-refractivity contribution in [3.8, 4) is 5.75 Å². The minimum atomic E-state index is -0.345. The van der Waals surface area contributed by atoms with Crippen LogP contribution in [0.2, 0.25) is 0 Å². The SMILES string of the molecule is COc1cc(C(=O)N(C)c2ccccc2N2CCN(C)CC2)ccc1C(=O)Nc1cccc2[nH]c(C)nc12. The van der Waals surface area contributed by atoms with Crippen LogP contribution in [0.25, 0.3) is 11.0 Å². The van der Waals surface area contributed by atoms with Gasteiger partial charge in [-0.3, -0.25) is 9.59 Å². The highest BCUT2D eigenvalue weighted by molar-refractivity contribution is 6.11. The summed E-state index contributed by atoms with van der Waals surface area (Å²) in [7, 11) is 5.39. The fraction of sp³-hybridized carbons (Fsp3) is 0.276. The molecule has 3 aromatic carbocycles. The van der Waals surface area contributed by atoms with Gasteiger partial charge in [0.2, 0.25) is 0 Å². The molecule has 0 aliphatic carbocycles. The van der Waals surface area contributed by atoms with Crippen molar-refractivity contribution in [1.82, 2.24) is 14.9 Å². The molecule has 0 radical (unpaired) electrons. The van der Waals surface area contributed by atoms with E-state index in [0.717, 1.165) is 48.9 Å². The van der Waals surface area contributed by atoms with Gasteiger partial charge < -0.3 is 29.7 Å². The molecule has 1 aromatic heterocycles. The summed E-state index contributed by atoms with van der Waals surface area (Å²) >= 11 is 0. The van der Waals surface area contributed by atoms with Gasteiger partial charge in [0.1, 0.15) is 17.1 Å². The first-order valence-corrected chi connectivity index (χ1v) is 12.6. The lowest BCUT2D eigenvalue weighted by Crippen LogP contribution is -2.45. The Labute approximate surface area is 222 Å². The van der Waals surface area contributed by atoms with Crippen LogP contribution in [-0.2, 0) is 0 Å². The van der Waals surface area contributed by atoms with E-state index in [0.29, 0.717) is 28.1 Å². The number of aryl methyl sites for hydroxylation is 1. The van der Waals surface area contributed by atoms with Crippen molar-refractivity contribution in [3.63, 3.8) is 0 Å². The number of anilines is 3. The number of hydrogen-bond donors (Lipinski definition) is 2. The van der Waals surface area contributed by atoms with Crippen LogP contribution in [0.4, 0.5) is 17.1 Å². The topological polar surface area (TPSA) is 93.8 Å². The third kappa shape index (κ3) is 4.92. The third-order valence-electron chi connectivity index (χ3n) is 6.96. The molecule has 1 saturated heterocycles. The van der Waals surface area contributed by atoms with Gasteiger partial charge in [-0.1, -0.05) is 18.2 Å². The Balaban J connectivity index is 1.38. The first-order chi connectivity index (χ1) is 18.4. The van der Waals surface area contributed by atoms with E-state index in [1.807, 2.05) is 37.3 Å². The number of piperazine rings is 1. The number of carbonyl (C=O) groups excluding carboxylic acids is 2. The number of imidazole rings is 1. The number of aromatic nitrogens is 2. The lowest BCUT2D eigenvalue weighted by molar-refractivity contribution is 0.0988.